The number of nitrogens with zero attached hydrogens (tertiary/aromatic N) is 1. The first kappa shape index (κ1) is 24.7. The SMILES string of the molecule is Cc1ccc(OCCN2C(=O)C(C)Oc3ccc(NC(=O)COc4ccc(Cl)cc4Cl)cc32)cc1. The van der Waals surface area contributed by atoms with Crippen LogP contribution in [0.5, 0.6) is 17.2 Å². The maximum absolute atomic E-state index is 12.8. The molecule has 3 aromatic carbocycles. The predicted octanol–water partition coefficient (Wildman–Crippen LogP) is 5.51. The summed E-state index contributed by atoms with van der Waals surface area (Å²) in [5, 5.41) is 3.55. The Labute approximate surface area is 213 Å². The van der Waals surface area contributed by atoms with Gasteiger partial charge in [0.05, 0.1) is 17.3 Å². The van der Waals surface area contributed by atoms with E-state index in [4.69, 9.17) is 37.4 Å². The molecule has 1 aliphatic heterocycles. The van der Waals surface area contributed by atoms with Gasteiger partial charge in [0.15, 0.2) is 12.7 Å². The summed E-state index contributed by atoms with van der Waals surface area (Å²) in [6, 6.07) is 17.6. The third-order valence-corrected chi connectivity index (χ3v) is 5.84. The van der Waals surface area contributed by atoms with Crippen LogP contribution < -0.4 is 24.4 Å². The van der Waals surface area contributed by atoms with Crippen molar-refractivity contribution in [1.29, 1.82) is 0 Å². The highest BCUT2D eigenvalue weighted by atomic mass is 35.5. The average molecular weight is 515 g/mol. The van der Waals surface area contributed by atoms with Gasteiger partial charge >= 0.3 is 0 Å². The lowest BCUT2D eigenvalue weighted by Crippen LogP contribution is -2.46. The Morgan fingerprint density at radius 1 is 1.06 bits per heavy atom. The van der Waals surface area contributed by atoms with Gasteiger partial charge in [-0.2, -0.15) is 0 Å². The molecule has 1 N–H and O–H groups in total. The second-order valence-corrected chi connectivity index (χ2v) is 8.85. The van der Waals surface area contributed by atoms with E-state index < -0.39 is 6.10 Å². The predicted molar refractivity (Wildman–Crippen MR) is 136 cm³/mol. The summed E-state index contributed by atoms with van der Waals surface area (Å²) >= 11 is 12.0. The first-order valence-corrected chi connectivity index (χ1v) is 11.7. The van der Waals surface area contributed by atoms with Crippen LogP contribution in [0.3, 0.4) is 0 Å². The summed E-state index contributed by atoms with van der Waals surface area (Å²) < 4.78 is 17.0. The van der Waals surface area contributed by atoms with Crippen LogP contribution in [-0.4, -0.2) is 37.7 Å². The van der Waals surface area contributed by atoms with E-state index in [0.29, 0.717) is 46.1 Å². The molecule has 0 bridgehead atoms. The quantitative estimate of drug-likeness (QED) is 0.428. The summed E-state index contributed by atoms with van der Waals surface area (Å²) in [5.74, 6) is 1.06. The van der Waals surface area contributed by atoms with E-state index in [0.717, 1.165) is 11.3 Å². The highest BCUT2D eigenvalue weighted by molar-refractivity contribution is 6.35. The zero-order valence-corrected chi connectivity index (χ0v) is 20.7. The van der Waals surface area contributed by atoms with Crippen molar-refractivity contribution in [2.45, 2.75) is 20.0 Å². The van der Waals surface area contributed by atoms with E-state index in [1.165, 1.54) is 6.07 Å². The van der Waals surface area contributed by atoms with E-state index >= 15 is 0 Å². The standard InChI is InChI=1S/C26H24Cl2N2O5/c1-16-3-7-20(8-4-16)33-12-11-30-22-14-19(6-10-24(22)35-17(2)26(30)32)29-25(31)15-34-23-9-5-18(27)13-21(23)28/h3-10,13-14,17H,11-12,15H2,1-2H3,(H,29,31). The summed E-state index contributed by atoms with van der Waals surface area (Å²) in [4.78, 5) is 26.9. The lowest BCUT2D eigenvalue weighted by atomic mass is 10.1. The molecule has 0 aromatic heterocycles. The number of fused-ring (bicyclic) bond motifs is 1. The van der Waals surface area contributed by atoms with Crippen molar-refractivity contribution in [2.75, 3.05) is 30.0 Å². The van der Waals surface area contributed by atoms with E-state index in [1.54, 1.807) is 42.2 Å². The molecule has 1 atom stereocenters. The number of amides is 2. The van der Waals surface area contributed by atoms with Gasteiger partial charge in [-0.25, -0.2) is 0 Å². The number of benzene rings is 3. The van der Waals surface area contributed by atoms with Gasteiger partial charge in [0.1, 0.15) is 23.9 Å². The summed E-state index contributed by atoms with van der Waals surface area (Å²) in [5.41, 5.74) is 2.19. The maximum atomic E-state index is 12.8. The lowest BCUT2D eigenvalue weighted by molar-refractivity contribution is -0.125. The Hall–Kier alpha value is -3.42. The van der Waals surface area contributed by atoms with Crippen LogP contribution in [0.2, 0.25) is 10.0 Å². The number of anilines is 2. The van der Waals surface area contributed by atoms with Crippen molar-refractivity contribution < 1.29 is 23.8 Å². The Morgan fingerprint density at radius 3 is 2.57 bits per heavy atom. The van der Waals surface area contributed by atoms with Gasteiger partial charge in [0.2, 0.25) is 0 Å². The number of carbonyl (C=O) groups is 2. The van der Waals surface area contributed by atoms with Crippen molar-refractivity contribution in [3.8, 4) is 17.2 Å². The van der Waals surface area contributed by atoms with Crippen molar-refractivity contribution in [3.05, 3.63) is 76.3 Å². The summed E-state index contributed by atoms with van der Waals surface area (Å²) in [7, 11) is 0. The van der Waals surface area contributed by atoms with Crippen LogP contribution in [0.4, 0.5) is 11.4 Å². The molecule has 1 heterocycles. The van der Waals surface area contributed by atoms with E-state index in [1.807, 2.05) is 31.2 Å². The van der Waals surface area contributed by atoms with E-state index in [2.05, 4.69) is 5.32 Å². The Balaban J connectivity index is 1.41. The normalized spacial score (nSPS) is 14.7. The summed E-state index contributed by atoms with van der Waals surface area (Å²) in [6.45, 7) is 4.08. The van der Waals surface area contributed by atoms with E-state index in [-0.39, 0.29) is 18.4 Å². The first-order valence-electron chi connectivity index (χ1n) is 11.0. The Bertz CT molecular complexity index is 1230. The molecule has 35 heavy (non-hydrogen) atoms. The lowest BCUT2D eigenvalue weighted by Gasteiger charge is -2.33. The number of carbonyl (C=O) groups excluding carboxylic acids is 2. The Morgan fingerprint density at radius 2 is 1.83 bits per heavy atom. The van der Waals surface area contributed by atoms with Gasteiger partial charge < -0.3 is 24.4 Å². The number of hydrogen-bond donors (Lipinski definition) is 1. The largest absolute Gasteiger partial charge is 0.492 e. The molecule has 0 saturated heterocycles. The number of halogens is 2. The molecule has 2 amide bonds. The molecular formula is C26H24Cl2N2O5. The van der Waals surface area contributed by atoms with Crippen LogP contribution >= 0.6 is 23.2 Å². The molecule has 0 spiro atoms. The smallest absolute Gasteiger partial charge is 0.267 e. The number of nitrogens with one attached hydrogen (secondary N) is 1. The number of hydrogen-bond acceptors (Lipinski definition) is 5. The molecule has 9 heteroatoms. The van der Waals surface area contributed by atoms with Crippen molar-refractivity contribution in [1.82, 2.24) is 0 Å². The molecule has 7 nitrogen and oxygen atoms in total. The third-order valence-electron chi connectivity index (χ3n) is 5.31. The molecule has 182 valence electrons. The van der Waals surface area contributed by atoms with Gasteiger partial charge in [-0.05, 0) is 62.4 Å². The molecule has 3 aromatic rings. The monoisotopic (exact) mass is 514 g/mol. The molecule has 4 rings (SSSR count). The van der Waals surface area contributed by atoms with Crippen LogP contribution in [0, 0.1) is 6.92 Å². The topological polar surface area (TPSA) is 77.1 Å². The Kier molecular flexibility index (Phi) is 7.68. The minimum absolute atomic E-state index is 0.186. The number of aryl methyl sites for hydroxylation is 1. The van der Waals surface area contributed by atoms with Gasteiger partial charge in [-0.1, -0.05) is 40.9 Å². The molecule has 0 aliphatic carbocycles. The fourth-order valence-electron chi connectivity index (χ4n) is 3.54. The molecule has 0 fully saturated rings. The van der Waals surface area contributed by atoms with E-state index in [9.17, 15) is 9.59 Å². The third kappa shape index (κ3) is 6.18. The second-order valence-electron chi connectivity index (χ2n) is 8.01. The highest BCUT2D eigenvalue weighted by Crippen LogP contribution is 2.36. The van der Waals surface area contributed by atoms with Gasteiger partial charge in [-0.15, -0.1) is 0 Å². The maximum Gasteiger partial charge on any atom is 0.267 e. The average Bonchev–Trinajstić information content (AvgIpc) is 2.82. The van der Waals surface area contributed by atoms with Crippen LogP contribution in [0.15, 0.2) is 60.7 Å². The zero-order valence-electron chi connectivity index (χ0n) is 19.2. The fraction of sp³-hybridized carbons (Fsp3) is 0.231. The number of ether oxygens (including phenoxy) is 3. The second kappa shape index (κ2) is 10.9. The fourth-order valence-corrected chi connectivity index (χ4v) is 4.00. The van der Waals surface area contributed by atoms with Crippen molar-refractivity contribution >= 4 is 46.4 Å². The van der Waals surface area contributed by atoms with Crippen LogP contribution in [0.25, 0.3) is 0 Å². The van der Waals surface area contributed by atoms with Gasteiger partial charge in [0, 0.05) is 10.7 Å². The molecule has 1 aliphatic rings. The summed E-state index contributed by atoms with van der Waals surface area (Å²) in [6.07, 6.45) is -0.625. The molecular weight excluding hydrogens is 491 g/mol. The number of rotatable bonds is 8. The van der Waals surface area contributed by atoms with Crippen LogP contribution in [0.1, 0.15) is 12.5 Å². The van der Waals surface area contributed by atoms with Crippen LogP contribution in [-0.2, 0) is 9.59 Å². The first-order chi connectivity index (χ1) is 16.8. The van der Waals surface area contributed by atoms with Gasteiger partial charge in [0.25, 0.3) is 11.8 Å². The van der Waals surface area contributed by atoms with Crippen molar-refractivity contribution in [3.63, 3.8) is 0 Å². The minimum atomic E-state index is -0.625. The van der Waals surface area contributed by atoms with Gasteiger partial charge in [-0.3, -0.25) is 9.59 Å². The molecule has 1 unspecified atom stereocenters. The molecule has 0 saturated carbocycles. The van der Waals surface area contributed by atoms with Crippen molar-refractivity contribution in [2.24, 2.45) is 0 Å². The highest BCUT2D eigenvalue weighted by Gasteiger charge is 2.31. The zero-order chi connectivity index (χ0) is 24.9. The molecule has 0 radical (unpaired) electrons. The minimum Gasteiger partial charge on any atom is -0.492 e.